The molecule has 8 heteroatoms. The van der Waals surface area contributed by atoms with E-state index in [4.69, 9.17) is 16.3 Å². The van der Waals surface area contributed by atoms with Gasteiger partial charge in [-0.05, 0) is 31.2 Å². The fourth-order valence-corrected chi connectivity index (χ4v) is 4.06. The van der Waals surface area contributed by atoms with Gasteiger partial charge in [0.25, 0.3) is 0 Å². The summed E-state index contributed by atoms with van der Waals surface area (Å²) in [6.07, 6.45) is 0. The maximum Gasteiger partial charge on any atom is 0.211 e. The zero-order valence-electron chi connectivity index (χ0n) is 15.3. The number of halogens is 1. The molecule has 0 spiro atoms. The summed E-state index contributed by atoms with van der Waals surface area (Å²) in [4.78, 5) is 17.1. The molecule has 2 heterocycles. The van der Waals surface area contributed by atoms with Gasteiger partial charge < -0.3 is 9.30 Å². The zero-order chi connectivity index (χ0) is 19.7. The number of ketones is 1. The molecule has 0 atom stereocenters. The number of fused-ring (bicyclic) bond motifs is 3. The molecule has 0 fully saturated rings. The minimum atomic E-state index is -0.0608. The van der Waals surface area contributed by atoms with Crippen LogP contribution in [0.5, 0.6) is 5.75 Å². The van der Waals surface area contributed by atoms with Gasteiger partial charge in [-0.25, -0.2) is 4.98 Å². The highest BCUT2D eigenvalue weighted by Gasteiger charge is 2.15. The smallest absolute Gasteiger partial charge is 0.211 e. The number of ether oxygens (including phenoxy) is 1. The highest BCUT2D eigenvalue weighted by Crippen LogP contribution is 2.28. The van der Waals surface area contributed by atoms with Crippen LogP contribution in [0.3, 0.4) is 0 Å². The number of benzene rings is 2. The van der Waals surface area contributed by atoms with E-state index >= 15 is 0 Å². The molecule has 28 heavy (non-hydrogen) atoms. The van der Waals surface area contributed by atoms with Gasteiger partial charge in [0.1, 0.15) is 11.3 Å². The molecule has 142 valence electrons. The molecule has 0 amide bonds. The molecule has 0 bridgehead atoms. The lowest BCUT2D eigenvalue weighted by Gasteiger charge is -2.05. The highest BCUT2D eigenvalue weighted by molar-refractivity contribution is 7.99. The van der Waals surface area contributed by atoms with E-state index in [9.17, 15) is 4.79 Å². The van der Waals surface area contributed by atoms with E-state index in [1.165, 1.54) is 18.9 Å². The van der Waals surface area contributed by atoms with E-state index < -0.39 is 0 Å². The Hall–Kier alpha value is -2.64. The molecule has 2 aromatic heterocycles. The third kappa shape index (κ3) is 3.31. The van der Waals surface area contributed by atoms with Crippen LogP contribution in [-0.2, 0) is 6.54 Å². The van der Waals surface area contributed by atoms with Gasteiger partial charge in [0.2, 0.25) is 5.16 Å². The lowest BCUT2D eigenvalue weighted by Crippen LogP contribution is -2.04. The Morgan fingerprint density at radius 1 is 1.21 bits per heavy atom. The van der Waals surface area contributed by atoms with Crippen LogP contribution in [0.2, 0.25) is 5.02 Å². The van der Waals surface area contributed by atoms with Crippen molar-refractivity contribution >= 4 is 51.2 Å². The normalized spacial score (nSPS) is 11.2. The second kappa shape index (κ2) is 7.77. The zero-order valence-corrected chi connectivity index (χ0v) is 16.9. The number of carbonyl (C=O) groups is 1. The molecule has 0 aliphatic heterocycles. The van der Waals surface area contributed by atoms with E-state index in [1.807, 2.05) is 24.3 Å². The van der Waals surface area contributed by atoms with Crippen molar-refractivity contribution in [1.82, 2.24) is 19.7 Å². The van der Waals surface area contributed by atoms with Gasteiger partial charge >= 0.3 is 0 Å². The summed E-state index contributed by atoms with van der Waals surface area (Å²) >= 11 is 7.37. The number of Topliss-reactive ketones (excluding diaryl/α,β-unsaturated/α-hetero) is 1. The van der Waals surface area contributed by atoms with Crippen molar-refractivity contribution in [3.63, 3.8) is 0 Å². The lowest BCUT2D eigenvalue weighted by molar-refractivity contribution is 0.102. The first kappa shape index (κ1) is 18.7. The van der Waals surface area contributed by atoms with E-state index in [0.717, 1.165) is 28.6 Å². The van der Waals surface area contributed by atoms with Gasteiger partial charge in [0, 0.05) is 17.5 Å². The molecule has 0 unspecified atom stereocenters. The van der Waals surface area contributed by atoms with E-state index in [1.54, 1.807) is 18.2 Å². The third-order valence-electron chi connectivity index (χ3n) is 4.48. The predicted octanol–water partition coefficient (Wildman–Crippen LogP) is 4.64. The molecule has 0 saturated carbocycles. The van der Waals surface area contributed by atoms with Gasteiger partial charge in [-0.3, -0.25) is 4.79 Å². The molecule has 0 N–H and O–H groups in total. The number of hydrogen-bond acceptors (Lipinski definition) is 6. The molecule has 4 aromatic rings. The number of rotatable bonds is 6. The Bertz CT molecular complexity index is 1190. The summed E-state index contributed by atoms with van der Waals surface area (Å²) in [5.74, 6) is 0.674. The summed E-state index contributed by atoms with van der Waals surface area (Å²) < 4.78 is 7.22. The standard InChI is InChI=1S/C20H17ClN4O2S/c1-3-25-15-7-5-4-6-13(15)18-19(25)22-20(24-23-18)28-11-16(26)12-8-9-17(27-2)14(21)10-12/h4-10H,3,11H2,1-2H3. The van der Waals surface area contributed by atoms with Crippen molar-refractivity contribution in [3.8, 4) is 5.75 Å². The lowest BCUT2D eigenvalue weighted by atomic mass is 10.1. The Kier molecular flexibility index (Phi) is 5.19. The number of aromatic nitrogens is 4. The van der Waals surface area contributed by atoms with Crippen molar-refractivity contribution in [2.24, 2.45) is 0 Å². The summed E-state index contributed by atoms with van der Waals surface area (Å²) in [5.41, 5.74) is 3.15. The maximum atomic E-state index is 12.5. The van der Waals surface area contributed by atoms with Gasteiger partial charge in [-0.15, -0.1) is 10.2 Å². The predicted molar refractivity (Wildman–Crippen MR) is 112 cm³/mol. The number of nitrogens with zero attached hydrogens (tertiary/aromatic N) is 4. The van der Waals surface area contributed by atoms with Gasteiger partial charge in [0.15, 0.2) is 11.4 Å². The topological polar surface area (TPSA) is 69.9 Å². The van der Waals surface area contributed by atoms with Gasteiger partial charge in [0.05, 0.1) is 23.4 Å². The second-order valence-corrected chi connectivity index (χ2v) is 7.44. The van der Waals surface area contributed by atoms with Gasteiger partial charge in [-0.2, -0.15) is 0 Å². The van der Waals surface area contributed by atoms with E-state index in [0.29, 0.717) is 21.5 Å². The van der Waals surface area contributed by atoms with Crippen molar-refractivity contribution in [2.45, 2.75) is 18.6 Å². The first-order valence-electron chi connectivity index (χ1n) is 8.73. The second-order valence-electron chi connectivity index (χ2n) is 6.09. The SMILES string of the molecule is CCn1c2ccccc2c2nnc(SCC(=O)c3ccc(OC)c(Cl)c3)nc21. The van der Waals surface area contributed by atoms with Crippen LogP contribution in [0.4, 0.5) is 0 Å². The maximum absolute atomic E-state index is 12.5. The molecule has 0 saturated heterocycles. The van der Waals surface area contributed by atoms with Crippen molar-refractivity contribution in [3.05, 3.63) is 53.1 Å². The van der Waals surface area contributed by atoms with Crippen molar-refractivity contribution in [2.75, 3.05) is 12.9 Å². The number of para-hydroxylation sites is 1. The largest absolute Gasteiger partial charge is 0.495 e. The molecule has 0 aliphatic carbocycles. The Labute approximate surface area is 170 Å². The van der Waals surface area contributed by atoms with Crippen LogP contribution in [-0.4, -0.2) is 38.4 Å². The van der Waals surface area contributed by atoms with E-state index in [2.05, 4.69) is 26.7 Å². The highest BCUT2D eigenvalue weighted by atomic mass is 35.5. The number of methoxy groups -OCH3 is 1. The average molecular weight is 413 g/mol. The van der Waals surface area contributed by atoms with E-state index in [-0.39, 0.29) is 11.5 Å². The molecule has 6 nitrogen and oxygen atoms in total. The van der Waals surface area contributed by atoms with Gasteiger partial charge in [-0.1, -0.05) is 41.6 Å². The van der Waals surface area contributed by atoms with Crippen LogP contribution in [0.15, 0.2) is 47.6 Å². The molecule has 0 radical (unpaired) electrons. The Balaban J connectivity index is 1.59. The molecule has 0 aliphatic rings. The minimum Gasteiger partial charge on any atom is -0.495 e. The molecule has 2 aromatic carbocycles. The van der Waals surface area contributed by atoms with Crippen LogP contribution >= 0.6 is 23.4 Å². The minimum absolute atomic E-state index is 0.0608. The van der Waals surface area contributed by atoms with Crippen LogP contribution in [0, 0.1) is 0 Å². The van der Waals surface area contributed by atoms with Crippen molar-refractivity contribution in [1.29, 1.82) is 0 Å². The summed E-state index contributed by atoms with van der Waals surface area (Å²) in [7, 11) is 1.54. The number of carbonyl (C=O) groups excluding carboxylic acids is 1. The third-order valence-corrected chi connectivity index (χ3v) is 5.61. The first-order chi connectivity index (χ1) is 13.6. The molecular formula is C20H17ClN4O2S. The average Bonchev–Trinajstić information content (AvgIpc) is 3.04. The fourth-order valence-electron chi connectivity index (χ4n) is 3.12. The summed E-state index contributed by atoms with van der Waals surface area (Å²) in [6, 6.07) is 13.0. The number of hydrogen-bond donors (Lipinski definition) is 0. The summed E-state index contributed by atoms with van der Waals surface area (Å²) in [5, 5.41) is 10.5. The summed E-state index contributed by atoms with van der Waals surface area (Å²) in [6.45, 7) is 2.84. The Morgan fingerprint density at radius 2 is 2.04 bits per heavy atom. The van der Waals surface area contributed by atoms with Crippen LogP contribution in [0.25, 0.3) is 22.1 Å². The Morgan fingerprint density at radius 3 is 2.79 bits per heavy atom. The van der Waals surface area contributed by atoms with Crippen molar-refractivity contribution < 1.29 is 9.53 Å². The first-order valence-corrected chi connectivity index (χ1v) is 10.1. The molecule has 4 rings (SSSR count). The number of aryl methyl sites for hydroxylation is 1. The van der Waals surface area contributed by atoms with Crippen LogP contribution < -0.4 is 4.74 Å². The quantitative estimate of drug-likeness (QED) is 0.339. The monoisotopic (exact) mass is 412 g/mol. The van der Waals surface area contributed by atoms with Crippen LogP contribution in [0.1, 0.15) is 17.3 Å². The fraction of sp³-hybridized carbons (Fsp3) is 0.200. The number of thioether (sulfide) groups is 1. The molecular weight excluding hydrogens is 396 g/mol.